The second-order valence-corrected chi connectivity index (χ2v) is 6.75. The van der Waals surface area contributed by atoms with Crippen LogP contribution >= 0.6 is 0 Å². The van der Waals surface area contributed by atoms with E-state index < -0.39 is 49.2 Å². The normalized spacial score (nSPS) is 12.2. The van der Waals surface area contributed by atoms with E-state index in [9.17, 15) is 30.0 Å². The molecule has 0 aliphatic rings. The van der Waals surface area contributed by atoms with Gasteiger partial charge in [-0.3, -0.25) is 9.59 Å². The van der Waals surface area contributed by atoms with Gasteiger partial charge in [0.05, 0.1) is 33.0 Å². The van der Waals surface area contributed by atoms with Crippen molar-refractivity contribution < 1.29 is 44.6 Å². The van der Waals surface area contributed by atoms with Crippen molar-refractivity contribution in [3.8, 4) is 0 Å². The summed E-state index contributed by atoms with van der Waals surface area (Å²) in [6.45, 7) is 0.491. The van der Waals surface area contributed by atoms with Gasteiger partial charge < -0.3 is 35.0 Å². The van der Waals surface area contributed by atoms with Crippen LogP contribution in [0.2, 0.25) is 0 Å². The van der Waals surface area contributed by atoms with E-state index in [4.69, 9.17) is 14.6 Å². The summed E-state index contributed by atoms with van der Waals surface area (Å²) >= 11 is 0. The number of rotatable bonds is 17. The van der Waals surface area contributed by atoms with Gasteiger partial charge in [0.25, 0.3) is 0 Å². The molecule has 0 aromatic carbocycles. The molecule has 0 amide bonds. The molecule has 0 aliphatic heterocycles. The standard InChI is InChI=1S/C18H34O9/c1-2-27-16(25)18(13-21,14-22)8-4-6-10-26-9-5-3-7-17(11-19,12-20)15(23)24/h19-22H,2-14H2,1H3,(H,23,24). The topological polar surface area (TPSA) is 154 Å². The number of ether oxygens (including phenoxy) is 2. The Bertz CT molecular complexity index is 417. The summed E-state index contributed by atoms with van der Waals surface area (Å²) < 4.78 is 10.4. The Morgan fingerprint density at radius 1 is 0.778 bits per heavy atom. The molecule has 0 bridgehead atoms. The molecule has 0 unspecified atom stereocenters. The lowest BCUT2D eigenvalue weighted by molar-refractivity contribution is -0.162. The van der Waals surface area contributed by atoms with Crippen LogP contribution < -0.4 is 0 Å². The number of aliphatic hydroxyl groups excluding tert-OH is 4. The number of hydrogen-bond donors (Lipinski definition) is 5. The first kappa shape index (κ1) is 25.7. The quantitative estimate of drug-likeness (QED) is 0.168. The van der Waals surface area contributed by atoms with E-state index in [2.05, 4.69) is 0 Å². The Kier molecular flexibility index (Phi) is 13.2. The van der Waals surface area contributed by atoms with E-state index in [0.29, 0.717) is 38.9 Å². The van der Waals surface area contributed by atoms with Gasteiger partial charge in [0.2, 0.25) is 0 Å². The number of carbonyl (C=O) groups is 2. The summed E-state index contributed by atoms with van der Waals surface area (Å²) in [5.74, 6) is -1.82. The molecule has 9 heteroatoms. The van der Waals surface area contributed by atoms with Gasteiger partial charge in [-0.05, 0) is 45.4 Å². The molecule has 0 aromatic heterocycles. The van der Waals surface area contributed by atoms with E-state index in [0.717, 1.165) is 0 Å². The molecule has 27 heavy (non-hydrogen) atoms. The fourth-order valence-corrected chi connectivity index (χ4v) is 2.61. The molecular formula is C18H34O9. The van der Waals surface area contributed by atoms with E-state index in [1.54, 1.807) is 6.92 Å². The molecule has 160 valence electrons. The van der Waals surface area contributed by atoms with Crippen LogP contribution in [0.25, 0.3) is 0 Å². The molecule has 0 spiro atoms. The first-order valence-corrected chi connectivity index (χ1v) is 9.30. The molecular weight excluding hydrogens is 360 g/mol. The predicted octanol–water partition coefficient (Wildman–Crippen LogP) is -0.0667. The third-order valence-electron chi connectivity index (χ3n) is 4.76. The maximum absolute atomic E-state index is 11.9. The average Bonchev–Trinajstić information content (AvgIpc) is 2.67. The molecule has 9 nitrogen and oxygen atoms in total. The fourth-order valence-electron chi connectivity index (χ4n) is 2.61. The van der Waals surface area contributed by atoms with Gasteiger partial charge in [0.1, 0.15) is 10.8 Å². The largest absolute Gasteiger partial charge is 0.481 e. The Labute approximate surface area is 159 Å². The second kappa shape index (κ2) is 13.8. The van der Waals surface area contributed by atoms with Gasteiger partial charge >= 0.3 is 11.9 Å². The van der Waals surface area contributed by atoms with Gasteiger partial charge in [0.15, 0.2) is 0 Å². The zero-order valence-electron chi connectivity index (χ0n) is 16.1. The molecule has 0 rings (SSSR count). The molecule has 0 aliphatic carbocycles. The lowest BCUT2D eigenvalue weighted by Gasteiger charge is -2.27. The highest BCUT2D eigenvalue weighted by atomic mass is 16.5. The summed E-state index contributed by atoms with van der Waals surface area (Å²) in [6.07, 6.45) is 2.73. The number of aliphatic carboxylic acids is 1. The summed E-state index contributed by atoms with van der Waals surface area (Å²) in [7, 11) is 0. The number of unbranched alkanes of at least 4 members (excludes halogenated alkanes) is 2. The van der Waals surface area contributed by atoms with Crippen molar-refractivity contribution in [2.45, 2.75) is 45.4 Å². The van der Waals surface area contributed by atoms with Crippen molar-refractivity contribution in [1.82, 2.24) is 0 Å². The summed E-state index contributed by atoms with van der Waals surface area (Å²) in [4.78, 5) is 23.0. The molecule has 0 aromatic rings. The number of carboxylic acid groups (broad SMARTS) is 1. The number of esters is 1. The van der Waals surface area contributed by atoms with E-state index in [-0.39, 0.29) is 19.4 Å². The highest BCUT2D eigenvalue weighted by molar-refractivity contribution is 5.77. The minimum Gasteiger partial charge on any atom is -0.481 e. The Morgan fingerprint density at radius 3 is 1.59 bits per heavy atom. The maximum Gasteiger partial charge on any atom is 0.316 e. The van der Waals surface area contributed by atoms with Gasteiger partial charge in [-0.2, -0.15) is 0 Å². The third-order valence-corrected chi connectivity index (χ3v) is 4.76. The van der Waals surface area contributed by atoms with Gasteiger partial charge in [0, 0.05) is 13.2 Å². The number of carboxylic acids is 1. The second-order valence-electron chi connectivity index (χ2n) is 6.75. The third kappa shape index (κ3) is 8.10. The zero-order chi connectivity index (χ0) is 20.8. The number of aliphatic hydroxyl groups is 4. The summed E-state index contributed by atoms with van der Waals surface area (Å²) in [5, 5.41) is 46.4. The summed E-state index contributed by atoms with van der Waals surface area (Å²) in [6, 6.07) is 0. The minimum absolute atomic E-state index is 0.160. The number of carbonyl (C=O) groups excluding carboxylic acids is 1. The maximum atomic E-state index is 11.9. The van der Waals surface area contributed by atoms with Crippen molar-refractivity contribution in [1.29, 1.82) is 0 Å². The molecule has 0 heterocycles. The monoisotopic (exact) mass is 394 g/mol. The van der Waals surface area contributed by atoms with Crippen LogP contribution in [-0.4, -0.2) is 83.7 Å². The first-order chi connectivity index (χ1) is 12.9. The van der Waals surface area contributed by atoms with Crippen LogP contribution in [0.1, 0.15) is 45.4 Å². The van der Waals surface area contributed by atoms with E-state index in [1.807, 2.05) is 0 Å². The minimum atomic E-state index is -1.51. The predicted molar refractivity (Wildman–Crippen MR) is 96.0 cm³/mol. The smallest absolute Gasteiger partial charge is 0.316 e. The van der Waals surface area contributed by atoms with Gasteiger partial charge in [-0.15, -0.1) is 0 Å². The van der Waals surface area contributed by atoms with E-state index in [1.165, 1.54) is 0 Å². The lowest BCUT2D eigenvalue weighted by atomic mass is 9.84. The zero-order valence-corrected chi connectivity index (χ0v) is 16.1. The van der Waals surface area contributed by atoms with E-state index >= 15 is 0 Å². The van der Waals surface area contributed by atoms with Crippen LogP contribution in [0.5, 0.6) is 0 Å². The Hall–Kier alpha value is -1.26. The highest BCUT2D eigenvalue weighted by Crippen LogP contribution is 2.26. The van der Waals surface area contributed by atoms with Crippen molar-refractivity contribution >= 4 is 11.9 Å². The SMILES string of the molecule is CCOC(=O)C(CO)(CO)CCCCOCCCCC(CO)(CO)C(=O)O. The molecule has 0 saturated carbocycles. The van der Waals surface area contributed by atoms with Crippen molar-refractivity contribution in [3.05, 3.63) is 0 Å². The highest BCUT2D eigenvalue weighted by Gasteiger charge is 2.38. The number of hydrogen-bond acceptors (Lipinski definition) is 8. The van der Waals surface area contributed by atoms with Gasteiger partial charge in [-0.1, -0.05) is 0 Å². The average molecular weight is 394 g/mol. The van der Waals surface area contributed by atoms with Crippen molar-refractivity contribution in [2.24, 2.45) is 10.8 Å². The van der Waals surface area contributed by atoms with Crippen molar-refractivity contribution in [3.63, 3.8) is 0 Å². The first-order valence-electron chi connectivity index (χ1n) is 9.30. The van der Waals surface area contributed by atoms with Crippen LogP contribution in [0.15, 0.2) is 0 Å². The lowest BCUT2D eigenvalue weighted by Crippen LogP contribution is -2.40. The van der Waals surface area contributed by atoms with Crippen LogP contribution in [0, 0.1) is 10.8 Å². The Balaban J connectivity index is 4.00. The van der Waals surface area contributed by atoms with Crippen LogP contribution in [0.4, 0.5) is 0 Å². The fraction of sp³-hybridized carbons (Fsp3) is 0.889. The van der Waals surface area contributed by atoms with Crippen LogP contribution in [-0.2, 0) is 19.1 Å². The summed E-state index contributed by atoms with van der Waals surface area (Å²) in [5.41, 5.74) is -2.80. The molecule has 0 atom stereocenters. The molecule has 0 saturated heterocycles. The molecule has 0 radical (unpaired) electrons. The van der Waals surface area contributed by atoms with Crippen molar-refractivity contribution in [2.75, 3.05) is 46.2 Å². The Morgan fingerprint density at radius 2 is 1.22 bits per heavy atom. The molecule has 0 fully saturated rings. The van der Waals surface area contributed by atoms with Crippen LogP contribution in [0.3, 0.4) is 0 Å². The molecule has 5 N–H and O–H groups in total. The van der Waals surface area contributed by atoms with Gasteiger partial charge in [-0.25, -0.2) is 0 Å².